The monoisotopic (exact) mass is 467 g/mol. The number of hydrogen-bond acceptors (Lipinski definition) is 5. The number of rotatable bonds is 7. The number of amides is 1. The summed E-state index contributed by atoms with van der Waals surface area (Å²) in [6.07, 6.45) is 5.14. The van der Waals surface area contributed by atoms with E-state index in [4.69, 9.17) is 32.7 Å². The van der Waals surface area contributed by atoms with Crippen LogP contribution in [0.15, 0.2) is 67.1 Å². The normalized spacial score (nSPS) is 10.8. The number of nitrogens with zero attached hydrogens (tertiary/aromatic N) is 2. The van der Waals surface area contributed by atoms with Gasteiger partial charge in [0.2, 0.25) is 0 Å². The molecule has 2 aromatic carbocycles. The Labute approximate surface area is 195 Å². The second-order valence-electron chi connectivity index (χ2n) is 6.95. The van der Waals surface area contributed by atoms with Crippen molar-refractivity contribution in [1.29, 1.82) is 0 Å². The van der Waals surface area contributed by atoms with Crippen molar-refractivity contribution in [3.63, 3.8) is 0 Å². The maximum absolute atomic E-state index is 12.9. The van der Waals surface area contributed by atoms with E-state index < -0.39 is 5.91 Å². The Hall–Kier alpha value is -3.19. The van der Waals surface area contributed by atoms with Crippen molar-refractivity contribution >= 4 is 45.7 Å². The van der Waals surface area contributed by atoms with E-state index >= 15 is 0 Å². The van der Waals surface area contributed by atoms with Crippen LogP contribution in [0, 0.1) is 0 Å². The molecule has 4 aromatic rings. The third kappa shape index (κ3) is 4.67. The molecule has 0 spiro atoms. The lowest BCUT2D eigenvalue weighted by Gasteiger charge is -2.16. The van der Waals surface area contributed by atoms with Gasteiger partial charge in [-0.3, -0.25) is 14.8 Å². The highest BCUT2D eigenvalue weighted by atomic mass is 35.5. The van der Waals surface area contributed by atoms with E-state index in [-0.39, 0.29) is 15.6 Å². The van der Waals surface area contributed by atoms with E-state index in [1.807, 2.05) is 24.3 Å². The van der Waals surface area contributed by atoms with Crippen LogP contribution in [-0.2, 0) is 18.0 Å². The van der Waals surface area contributed by atoms with Crippen LogP contribution in [-0.4, -0.2) is 23.0 Å². The van der Waals surface area contributed by atoms with Gasteiger partial charge in [0.05, 0.1) is 33.4 Å². The molecule has 0 aliphatic heterocycles. The first-order valence-electron chi connectivity index (χ1n) is 9.75. The molecule has 2 aromatic heterocycles. The van der Waals surface area contributed by atoms with Gasteiger partial charge in [0.15, 0.2) is 0 Å². The van der Waals surface area contributed by atoms with Crippen molar-refractivity contribution in [2.75, 3.05) is 12.4 Å². The number of hydrogen-bond donors (Lipinski definition) is 1. The average Bonchev–Trinajstić information content (AvgIpc) is 2.79. The van der Waals surface area contributed by atoms with Gasteiger partial charge in [0.1, 0.15) is 12.4 Å². The number of carbonyl (C=O) groups is 1. The number of methoxy groups -OCH3 is 1. The van der Waals surface area contributed by atoms with E-state index in [9.17, 15) is 4.79 Å². The number of halogens is 2. The molecule has 4 rings (SSSR count). The molecule has 2 heterocycles. The van der Waals surface area contributed by atoms with E-state index in [1.54, 1.807) is 50.0 Å². The van der Waals surface area contributed by atoms with Crippen molar-refractivity contribution in [3.05, 3.63) is 93.9 Å². The lowest BCUT2D eigenvalue weighted by atomic mass is 10.1. The van der Waals surface area contributed by atoms with Crippen molar-refractivity contribution in [3.8, 4) is 5.75 Å². The molecule has 6 nitrogen and oxygen atoms in total. The molecule has 0 fully saturated rings. The maximum atomic E-state index is 12.9. The third-order valence-electron chi connectivity index (χ3n) is 4.77. The molecular weight excluding hydrogens is 449 g/mol. The Morgan fingerprint density at radius 1 is 1.00 bits per heavy atom. The van der Waals surface area contributed by atoms with Gasteiger partial charge in [0.25, 0.3) is 5.91 Å². The first kappa shape index (κ1) is 22.0. The molecule has 8 heteroatoms. The number of anilines is 1. The first-order chi connectivity index (χ1) is 15.6. The maximum Gasteiger partial charge on any atom is 0.258 e. The van der Waals surface area contributed by atoms with Gasteiger partial charge in [0, 0.05) is 42.2 Å². The van der Waals surface area contributed by atoms with Crippen LogP contribution in [0.4, 0.5) is 5.69 Å². The number of aromatic nitrogens is 2. The molecule has 0 saturated heterocycles. The van der Waals surface area contributed by atoms with Crippen LogP contribution in [0.1, 0.15) is 21.5 Å². The van der Waals surface area contributed by atoms with Crippen LogP contribution in [0.5, 0.6) is 5.75 Å². The predicted molar refractivity (Wildman–Crippen MR) is 125 cm³/mol. The van der Waals surface area contributed by atoms with Gasteiger partial charge >= 0.3 is 0 Å². The Morgan fingerprint density at radius 2 is 1.78 bits per heavy atom. The number of carbonyl (C=O) groups excluding carboxylic acids is 1. The smallest absolute Gasteiger partial charge is 0.258 e. The van der Waals surface area contributed by atoms with Crippen LogP contribution >= 0.6 is 23.2 Å². The second-order valence-corrected chi connectivity index (χ2v) is 7.76. The number of para-hydroxylation sites is 1. The second kappa shape index (κ2) is 9.96. The molecule has 32 heavy (non-hydrogen) atoms. The van der Waals surface area contributed by atoms with Crippen LogP contribution in [0.3, 0.4) is 0 Å². The van der Waals surface area contributed by atoms with Crippen molar-refractivity contribution in [2.24, 2.45) is 0 Å². The van der Waals surface area contributed by atoms with Gasteiger partial charge in [-0.15, -0.1) is 0 Å². The number of pyridine rings is 2. The average molecular weight is 468 g/mol. The summed E-state index contributed by atoms with van der Waals surface area (Å²) in [7, 11) is 1.61. The van der Waals surface area contributed by atoms with E-state index in [2.05, 4.69) is 15.3 Å². The molecule has 0 bridgehead atoms. The van der Waals surface area contributed by atoms with Crippen molar-refractivity contribution in [2.45, 2.75) is 13.2 Å². The van der Waals surface area contributed by atoms with E-state index in [0.29, 0.717) is 30.2 Å². The highest BCUT2D eigenvalue weighted by molar-refractivity contribution is 6.40. The molecule has 0 saturated carbocycles. The molecule has 0 atom stereocenters. The quantitative estimate of drug-likeness (QED) is 0.365. The Balaban J connectivity index is 1.71. The molecule has 0 aliphatic carbocycles. The summed E-state index contributed by atoms with van der Waals surface area (Å²) >= 11 is 12.4. The number of fused-ring (bicyclic) bond motifs is 1. The standard InChI is InChI=1S/C24H19Cl2N3O3/c1-31-14-16-12-28-22-17(23(16)32-13-15-5-4-10-27-11-15)6-2-9-20(22)29-24(30)21-18(25)7-3-8-19(21)26/h2-12H,13-14H2,1H3,(H,29,30). The summed E-state index contributed by atoms with van der Waals surface area (Å²) in [5.41, 5.74) is 3.01. The summed E-state index contributed by atoms with van der Waals surface area (Å²) in [5.74, 6) is 0.210. The summed E-state index contributed by atoms with van der Waals surface area (Å²) in [6, 6.07) is 14.2. The first-order valence-corrected chi connectivity index (χ1v) is 10.5. The number of ether oxygens (including phenoxy) is 2. The highest BCUT2D eigenvalue weighted by Crippen LogP contribution is 2.34. The van der Waals surface area contributed by atoms with Gasteiger partial charge in [-0.05, 0) is 30.3 Å². The summed E-state index contributed by atoms with van der Waals surface area (Å²) in [5, 5.41) is 4.15. The largest absolute Gasteiger partial charge is 0.488 e. The topological polar surface area (TPSA) is 73.3 Å². The van der Waals surface area contributed by atoms with Gasteiger partial charge in [-0.2, -0.15) is 0 Å². The van der Waals surface area contributed by atoms with Crippen LogP contribution < -0.4 is 10.1 Å². The predicted octanol–water partition coefficient (Wildman–Crippen LogP) is 5.91. The van der Waals surface area contributed by atoms with Gasteiger partial charge in [-0.1, -0.05) is 41.4 Å². The number of nitrogens with one attached hydrogen (secondary N) is 1. The summed E-state index contributed by atoms with van der Waals surface area (Å²) in [6.45, 7) is 0.659. The Kier molecular flexibility index (Phi) is 6.85. The highest BCUT2D eigenvalue weighted by Gasteiger charge is 2.18. The molecule has 0 aliphatic rings. The van der Waals surface area contributed by atoms with Crippen molar-refractivity contribution in [1.82, 2.24) is 9.97 Å². The zero-order chi connectivity index (χ0) is 22.5. The summed E-state index contributed by atoms with van der Waals surface area (Å²) < 4.78 is 11.5. The Morgan fingerprint density at radius 3 is 2.50 bits per heavy atom. The van der Waals surface area contributed by atoms with Crippen LogP contribution in [0.25, 0.3) is 10.9 Å². The zero-order valence-corrected chi connectivity index (χ0v) is 18.7. The fourth-order valence-corrected chi connectivity index (χ4v) is 3.88. The van der Waals surface area contributed by atoms with Crippen LogP contribution in [0.2, 0.25) is 10.0 Å². The summed E-state index contributed by atoms with van der Waals surface area (Å²) in [4.78, 5) is 21.6. The SMILES string of the molecule is COCc1cnc2c(NC(=O)c3c(Cl)cccc3Cl)cccc2c1OCc1cccnc1. The molecule has 0 unspecified atom stereocenters. The van der Waals surface area contributed by atoms with E-state index in [0.717, 1.165) is 16.5 Å². The molecule has 162 valence electrons. The molecule has 0 radical (unpaired) electrons. The number of benzene rings is 2. The lowest BCUT2D eigenvalue weighted by molar-refractivity contribution is 0.102. The lowest BCUT2D eigenvalue weighted by Crippen LogP contribution is -2.14. The third-order valence-corrected chi connectivity index (χ3v) is 5.40. The fourth-order valence-electron chi connectivity index (χ4n) is 3.31. The fraction of sp³-hybridized carbons (Fsp3) is 0.125. The van der Waals surface area contributed by atoms with Crippen molar-refractivity contribution < 1.29 is 14.3 Å². The minimum atomic E-state index is -0.423. The molecule has 1 amide bonds. The van der Waals surface area contributed by atoms with Gasteiger partial charge in [-0.25, -0.2) is 0 Å². The zero-order valence-electron chi connectivity index (χ0n) is 17.1. The molecule has 1 N–H and O–H groups in total. The minimum absolute atomic E-state index is 0.205. The minimum Gasteiger partial charge on any atom is -0.488 e. The molecular formula is C24H19Cl2N3O3. The Bertz CT molecular complexity index is 1250. The van der Waals surface area contributed by atoms with Gasteiger partial charge < -0.3 is 14.8 Å². The van der Waals surface area contributed by atoms with E-state index in [1.165, 1.54) is 0 Å².